The lowest BCUT2D eigenvalue weighted by Crippen LogP contribution is -2.26. The summed E-state index contributed by atoms with van der Waals surface area (Å²) < 4.78 is 0. The fraction of sp³-hybridized carbons (Fsp3) is 0.412. The molecule has 0 radical (unpaired) electrons. The fourth-order valence-electron chi connectivity index (χ4n) is 2.80. The highest BCUT2D eigenvalue weighted by atomic mass is 32.1. The Labute approximate surface area is 135 Å². The molecule has 0 saturated carbocycles. The second-order valence-corrected chi connectivity index (χ2v) is 6.86. The van der Waals surface area contributed by atoms with Crippen LogP contribution >= 0.6 is 11.3 Å². The summed E-state index contributed by atoms with van der Waals surface area (Å²) in [6.45, 7) is 6.12. The zero-order valence-electron chi connectivity index (χ0n) is 13.0. The molecule has 1 fully saturated rings. The number of amides is 1. The van der Waals surface area contributed by atoms with Crippen LogP contribution in [0.1, 0.15) is 45.1 Å². The van der Waals surface area contributed by atoms with Gasteiger partial charge in [-0.3, -0.25) is 10.1 Å². The minimum Gasteiger partial charge on any atom is -0.317 e. The Balaban J connectivity index is 1.72. The van der Waals surface area contributed by atoms with Crippen LogP contribution < -0.4 is 10.6 Å². The molecule has 22 heavy (non-hydrogen) atoms. The van der Waals surface area contributed by atoms with Crippen LogP contribution in [-0.2, 0) is 0 Å². The average Bonchev–Trinajstić information content (AvgIpc) is 2.99. The van der Waals surface area contributed by atoms with E-state index in [1.54, 1.807) is 11.3 Å². The van der Waals surface area contributed by atoms with Gasteiger partial charge >= 0.3 is 0 Å². The summed E-state index contributed by atoms with van der Waals surface area (Å²) in [5, 5.41) is 7.00. The first-order chi connectivity index (χ1) is 10.6. The summed E-state index contributed by atoms with van der Waals surface area (Å²) in [5.74, 6) is 0.498. The van der Waals surface area contributed by atoms with Crippen LogP contribution in [0.5, 0.6) is 0 Å². The van der Waals surface area contributed by atoms with E-state index in [0.717, 1.165) is 42.6 Å². The van der Waals surface area contributed by atoms with Crippen molar-refractivity contribution in [1.82, 2.24) is 10.3 Å². The highest BCUT2D eigenvalue weighted by molar-refractivity contribution is 7.15. The quantitative estimate of drug-likeness (QED) is 0.912. The van der Waals surface area contributed by atoms with Gasteiger partial charge in [0.2, 0.25) is 0 Å². The summed E-state index contributed by atoms with van der Waals surface area (Å²) in [7, 11) is 0. The monoisotopic (exact) mass is 315 g/mol. The number of benzene rings is 1. The first kappa shape index (κ1) is 15.2. The van der Waals surface area contributed by atoms with E-state index in [2.05, 4.69) is 15.6 Å². The van der Waals surface area contributed by atoms with Gasteiger partial charge in [-0.15, -0.1) is 11.3 Å². The maximum Gasteiger partial charge on any atom is 0.257 e. The van der Waals surface area contributed by atoms with E-state index in [4.69, 9.17) is 0 Å². The average molecular weight is 315 g/mol. The highest BCUT2D eigenvalue weighted by Crippen LogP contribution is 2.31. The van der Waals surface area contributed by atoms with E-state index in [0.29, 0.717) is 11.0 Å². The second-order valence-electron chi connectivity index (χ2n) is 5.79. The molecular weight excluding hydrogens is 294 g/mol. The number of aromatic nitrogens is 1. The van der Waals surface area contributed by atoms with Gasteiger partial charge in [0.05, 0.1) is 0 Å². The van der Waals surface area contributed by atoms with Crippen LogP contribution in [0.4, 0.5) is 5.13 Å². The smallest absolute Gasteiger partial charge is 0.257 e. The molecule has 2 N–H and O–H groups in total. The molecule has 1 aromatic carbocycles. The van der Waals surface area contributed by atoms with Crippen molar-refractivity contribution in [3.8, 4) is 0 Å². The summed E-state index contributed by atoms with van der Waals surface area (Å²) >= 11 is 1.60. The first-order valence-corrected chi connectivity index (χ1v) is 8.51. The number of anilines is 1. The standard InChI is InChI=1S/C17H21N3OS/c1-11-4-3-5-14(12(11)2)16(21)20-17-19-10-15(22-17)13-6-8-18-9-7-13/h3-5,10,13,18H,6-9H2,1-2H3,(H,19,20,21). The number of carbonyl (C=O) groups excluding carboxylic acids is 1. The minimum absolute atomic E-state index is 0.0765. The first-order valence-electron chi connectivity index (χ1n) is 7.69. The largest absolute Gasteiger partial charge is 0.317 e. The van der Waals surface area contributed by atoms with Crippen molar-refractivity contribution in [2.75, 3.05) is 18.4 Å². The molecule has 1 aliphatic heterocycles. The fourth-order valence-corrected chi connectivity index (χ4v) is 3.78. The molecule has 2 aromatic rings. The van der Waals surface area contributed by atoms with Crippen LogP contribution in [-0.4, -0.2) is 24.0 Å². The summed E-state index contributed by atoms with van der Waals surface area (Å²) in [6, 6.07) is 5.79. The number of nitrogens with zero attached hydrogens (tertiary/aromatic N) is 1. The van der Waals surface area contributed by atoms with Crippen molar-refractivity contribution in [2.24, 2.45) is 0 Å². The van der Waals surface area contributed by atoms with Gasteiger partial charge in [-0.05, 0) is 62.9 Å². The van der Waals surface area contributed by atoms with Gasteiger partial charge in [0, 0.05) is 16.6 Å². The van der Waals surface area contributed by atoms with E-state index in [9.17, 15) is 4.79 Å². The van der Waals surface area contributed by atoms with Crippen molar-refractivity contribution >= 4 is 22.4 Å². The van der Waals surface area contributed by atoms with Crippen molar-refractivity contribution < 1.29 is 4.79 Å². The van der Waals surface area contributed by atoms with E-state index < -0.39 is 0 Å². The molecule has 5 heteroatoms. The molecule has 4 nitrogen and oxygen atoms in total. The molecule has 2 heterocycles. The SMILES string of the molecule is Cc1cccc(C(=O)Nc2ncc(C3CCNCC3)s2)c1C. The van der Waals surface area contributed by atoms with Gasteiger partial charge in [0.25, 0.3) is 5.91 Å². The Hall–Kier alpha value is -1.72. The lowest BCUT2D eigenvalue weighted by Gasteiger charge is -2.20. The molecule has 1 saturated heterocycles. The van der Waals surface area contributed by atoms with E-state index >= 15 is 0 Å². The summed E-state index contributed by atoms with van der Waals surface area (Å²) in [5.41, 5.74) is 2.87. The maximum absolute atomic E-state index is 12.4. The number of thiazole rings is 1. The summed E-state index contributed by atoms with van der Waals surface area (Å²) in [6.07, 6.45) is 4.21. The Bertz CT molecular complexity index is 674. The number of carbonyl (C=O) groups is 1. The van der Waals surface area contributed by atoms with Gasteiger partial charge in [-0.2, -0.15) is 0 Å². The molecule has 0 atom stereocenters. The number of nitrogens with one attached hydrogen (secondary N) is 2. The predicted octanol–water partition coefficient (Wildman–Crippen LogP) is 3.48. The Kier molecular flexibility index (Phi) is 4.55. The number of piperidine rings is 1. The zero-order chi connectivity index (χ0) is 15.5. The molecule has 1 aromatic heterocycles. The number of aryl methyl sites for hydroxylation is 1. The minimum atomic E-state index is -0.0765. The van der Waals surface area contributed by atoms with Crippen LogP contribution in [0, 0.1) is 13.8 Å². The second kappa shape index (κ2) is 6.58. The van der Waals surface area contributed by atoms with Gasteiger partial charge in [0.1, 0.15) is 0 Å². The van der Waals surface area contributed by atoms with Crippen molar-refractivity contribution in [3.05, 3.63) is 46.0 Å². The molecule has 0 spiro atoms. The van der Waals surface area contributed by atoms with E-state index in [-0.39, 0.29) is 5.91 Å². The van der Waals surface area contributed by atoms with E-state index in [1.807, 2.05) is 38.2 Å². The Morgan fingerprint density at radius 3 is 2.86 bits per heavy atom. The Morgan fingerprint density at radius 1 is 1.32 bits per heavy atom. The zero-order valence-corrected chi connectivity index (χ0v) is 13.8. The number of rotatable bonds is 3. The van der Waals surface area contributed by atoms with Gasteiger partial charge in [0.15, 0.2) is 5.13 Å². The van der Waals surface area contributed by atoms with Crippen LogP contribution in [0.3, 0.4) is 0 Å². The third kappa shape index (κ3) is 3.20. The topological polar surface area (TPSA) is 54.0 Å². The molecule has 116 valence electrons. The van der Waals surface area contributed by atoms with Gasteiger partial charge in [-0.25, -0.2) is 4.98 Å². The number of hydrogen-bond acceptors (Lipinski definition) is 4. The summed E-state index contributed by atoms with van der Waals surface area (Å²) in [4.78, 5) is 18.1. The van der Waals surface area contributed by atoms with Crippen molar-refractivity contribution in [3.63, 3.8) is 0 Å². The molecular formula is C17H21N3OS. The van der Waals surface area contributed by atoms with Crippen molar-refractivity contribution in [1.29, 1.82) is 0 Å². The Morgan fingerprint density at radius 2 is 2.09 bits per heavy atom. The normalized spacial score (nSPS) is 15.7. The third-order valence-electron chi connectivity index (χ3n) is 4.33. The third-order valence-corrected chi connectivity index (χ3v) is 5.41. The molecule has 0 unspecified atom stereocenters. The van der Waals surface area contributed by atoms with Crippen LogP contribution in [0.25, 0.3) is 0 Å². The lowest BCUT2D eigenvalue weighted by molar-refractivity contribution is 0.102. The van der Waals surface area contributed by atoms with Gasteiger partial charge in [-0.1, -0.05) is 12.1 Å². The van der Waals surface area contributed by atoms with E-state index in [1.165, 1.54) is 4.88 Å². The molecule has 1 aliphatic rings. The lowest BCUT2D eigenvalue weighted by atomic mass is 9.97. The van der Waals surface area contributed by atoms with Gasteiger partial charge < -0.3 is 5.32 Å². The van der Waals surface area contributed by atoms with Crippen molar-refractivity contribution in [2.45, 2.75) is 32.6 Å². The van der Waals surface area contributed by atoms with Crippen LogP contribution in [0.2, 0.25) is 0 Å². The molecule has 0 aliphatic carbocycles. The number of hydrogen-bond donors (Lipinski definition) is 2. The predicted molar refractivity (Wildman–Crippen MR) is 90.8 cm³/mol. The maximum atomic E-state index is 12.4. The molecule has 0 bridgehead atoms. The molecule has 1 amide bonds. The highest BCUT2D eigenvalue weighted by Gasteiger charge is 2.19. The van der Waals surface area contributed by atoms with Crippen LogP contribution in [0.15, 0.2) is 24.4 Å². The molecule has 3 rings (SSSR count).